The topological polar surface area (TPSA) is 39.1 Å². The molecule has 1 aliphatic heterocycles. The van der Waals surface area contributed by atoms with Crippen molar-refractivity contribution in [3.63, 3.8) is 0 Å². The lowest BCUT2D eigenvalue weighted by Gasteiger charge is -2.32. The van der Waals surface area contributed by atoms with Gasteiger partial charge in [-0.25, -0.2) is 0 Å². The molecule has 1 unspecified atom stereocenters. The van der Waals surface area contributed by atoms with Gasteiger partial charge in [-0.1, -0.05) is 6.07 Å². The first-order valence-electron chi connectivity index (χ1n) is 5.73. The zero-order chi connectivity index (χ0) is 11.2. The van der Waals surface area contributed by atoms with E-state index in [1.807, 2.05) is 11.3 Å². The molecule has 4 heteroatoms. The molecular weight excluding hydrogens is 218 g/mol. The quantitative estimate of drug-likeness (QED) is 0.809. The number of rotatable bonds is 4. The van der Waals surface area contributed by atoms with Crippen molar-refractivity contribution < 1.29 is 0 Å². The van der Waals surface area contributed by atoms with E-state index in [1.165, 1.54) is 24.3 Å². The standard InChI is InChI=1S/C12H17N3S/c13-5-6-14-11-3-1-7-15(9-11)10-12-4-2-8-16-12/h2,4,8,11,14H,1,3,6-7,9-10H2. The minimum absolute atomic E-state index is 0.470. The van der Waals surface area contributed by atoms with Gasteiger partial charge in [-0.2, -0.15) is 5.26 Å². The fraction of sp³-hybridized carbons (Fsp3) is 0.583. The first kappa shape index (κ1) is 11.6. The van der Waals surface area contributed by atoms with E-state index in [2.05, 4.69) is 33.8 Å². The van der Waals surface area contributed by atoms with Crippen LogP contribution in [0, 0.1) is 11.3 Å². The molecule has 2 heterocycles. The van der Waals surface area contributed by atoms with Crippen molar-refractivity contribution in [2.45, 2.75) is 25.4 Å². The largest absolute Gasteiger partial charge is 0.300 e. The molecule has 0 aromatic carbocycles. The van der Waals surface area contributed by atoms with Crippen LogP contribution in [0.2, 0.25) is 0 Å². The summed E-state index contributed by atoms with van der Waals surface area (Å²) in [5.41, 5.74) is 0. The summed E-state index contributed by atoms with van der Waals surface area (Å²) in [5.74, 6) is 0. The van der Waals surface area contributed by atoms with Gasteiger partial charge in [-0.05, 0) is 30.8 Å². The molecule has 2 rings (SSSR count). The highest BCUT2D eigenvalue weighted by Gasteiger charge is 2.19. The number of hydrogen-bond acceptors (Lipinski definition) is 4. The van der Waals surface area contributed by atoms with Gasteiger partial charge in [0, 0.05) is 24.0 Å². The van der Waals surface area contributed by atoms with Crippen LogP contribution in [0.25, 0.3) is 0 Å². The molecule has 1 aliphatic rings. The highest BCUT2D eigenvalue weighted by molar-refractivity contribution is 7.09. The highest BCUT2D eigenvalue weighted by Crippen LogP contribution is 2.16. The molecule has 1 fully saturated rings. The van der Waals surface area contributed by atoms with Gasteiger partial charge < -0.3 is 5.32 Å². The zero-order valence-electron chi connectivity index (χ0n) is 9.35. The number of nitriles is 1. The third kappa shape index (κ3) is 3.31. The van der Waals surface area contributed by atoms with Crippen LogP contribution in [0.5, 0.6) is 0 Å². The second-order valence-corrected chi connectivity index (χ2v) is 5.22. The Balaban J connectivity index is 1.80. The van der Waals surface area contributed by atoms with E-state index < -0.39 is 0 Å². The van der Waals surface area contributed by atoms with Crippen molar-refractivity contribution in [1.29, 1.82) is 5.26 Å². The molecule has 1 aromatic rings. The van der Waals surface area contributed by atoms with Crippen LogP contribution in [0.15, 0.2) is 17.5 Å². The number of thiophene rings is 1. The lowest BCUT2D eigenvalue weighted by Crippen LogP contribution is -2.45. The van der Waals surface area contributed by atoms with Crippen LogP contribution < -0.4 is 5.32 Å². The summed E-state index contributed by atoms with van der Waals surface area (Å²) in [4.78, 5) is 3.91. The van der Waals surface area contributed by atoms with Crippen molar-refractivity contribution in [2.24, 2.45) is 0 Å². The molecule has 0 saturated carbocycles. The summed E-state index contributed by atoms with van der Waals surface area (Å²) in [6.07, 6.45) is 2.43. The highest BCUT2D eigenvalue weighted by atomic mass is 32.1. The van der Waals surface area contributed by atoms with Gasteiger partial charge >= 0.3 is 0 Å². The Morgan fingerprint density at radius 3 is 3.31 bits per heavy atom. The summed E-state index contributed by atoms with van der Waals surface area (Å²) < 4.78 is 0. The predicted molar refractivity (Wildman–Crippen MR) is 66.2 cm³/mol. The van der Waals surface area contributed by atoms with Gasteiger partial charge in [-0.15, -0.1) is 11.3 Å². The predicted octanol–water partition coefficient (Wildman–Crippen LogP) is 1.83. The second kappa shape index (κ2) is 6.00. The van der Waals surface area contributed by atoms with Gasteiger partial charge in [0.2, 0.25) is 0 Å². The van der Waals surface area contributed by atoms with Crippen LogP contribution in [-0.4, -0.2) is 30.6 Å². The van der Waals surface area contributed by atoms with Crippen LogP contribution >= 0.6 is 11.3 Å². The minimum atomic E-state index is 0.470. The van der Waals surface area contributed by atoms with Crippen molar-refractivity contribution in [3.05, 3.63) is 22.4 Å². The van der Waals surface area contributed by atoms with E-state index in [0.29, 0.717) is 12.6 Å². The maximum Gasteiger partial charge on any atom is 0.0843 e. The van der Waals surface area contributed by atoms with E-state index in [9.17, 15) is 0 Å². The molecule has 0 bridgehead atoms. The summed E-state index contributed by atoms with van der Waals surface area (Å²) >= 11 is 1.82. The lowest BCUT2D eigenvalue weighted by atomic mass is 10.1. The van der Waals surface area contributed by atoms with Crippen LogP contribution in [-0.2, 0) is 6.54 Å². The van der Waals surface area contributed by atoms with E-state index in [-0.39, 0.29) is 0 Å². The smallest absolute Gasteiger partial charge is 0.0843 e. The van der Waals surface area contributed by atoms with Crippen molar-refractivity contribution >= 4 is 11.3 Å². The first-order chi connectivity index (χ1) is 7.88. The number of nitrogens with one attached hydrogen (secondary N) is 1. The SMILES string of the molecule is N#CCNC1CCCN(Cc2cccs2)C1. The normalized spacial score (nSPS) is 21.8. The molecule has 0 radical (unpaired) electrons. The first-order valence-corrected chi connectivity index (χ1v) is 6.61. The second-order valence-electron chi connectivity index (χ2n) is 4.19. The molecule has 1 atom stereocenters. The van der Waals surface area contributed by atoms with Gasteiger partial charge in [0.05, 0.1) is 12.6 Å². The molecule has 1 aromatic heterocycles. The number of hydrogen-bond donors (Lipinski definition) is 1. The summed E-state index contributed by atoms with van der Waals surface area (Å²) in [5, 5.41) is 14.0. The molecule has 0 spiro atoms. The van der Waals surface area contributed by atoms with Crippen LogP contribution in [0.3, 0.4) is 0 Å². The fourth-order valence-electron chi connectivity index (χ4n) is 2.18. The molecule has 0 amide bonds. The Hall–Kier alpha value is -0.890. The Kier molecular flexibility index (Phi) is 4.34. The molecule has 1 N–H and O–H groups in total. The van der Waals surface area contributed by atoms with Gasteiger partial charge in [0.1, 0.15) is 0 Å². The summed E-state index contributed by atoms with van der Waals surface area (Å²) in [6.45, 7) is 3.78. The van der Waals surface area contributed by atoms with Crippen molar-refractivity contribution in [1.82, 2.24) is 10.2 Å². The Morgan fingerprint density at radius 1 is 1.62 bits per heavy atom. The van der Waals surface area contributed by atoms with Gasteiger partial charge in [0.15, 0.2) is 0 Å². The number of piperidine rings is 1. The van der Waals surface area contributed by atoms with Crippen LogP contribution in [0.1, 0.15) is 17.7 Å². The van der Waals surface area contributed by atoms with Crippen molar-refractivity contribution in [3.8, 4) is 6.07 Å². The number of likely N-dealkylation sites (tertiary alicyclic amines) is 1. The Bertz CT molecular complexity index is 342. The van der Waals surface area contributed by atoms with E-state index in [0.717, 1.165) is 13.1 Å². The third-order valence-corrected chi connectivity index (χ3v) is 3.80. The lowest BCUT2D eigenvalue weighted by molar-refractivity contribution is 0.187. The molecule has 3 nitrogen and oxygen atoms in total. The average molecular weight is 235 g/mol. The number of nitrogens with zero attached hydrogens (tertiary/aromatic N) is 2. The van der Waals surface area contributed by atoms with Crippen LogP contribution in [0.4, 0.5) is 0 Å². The molecule has 16 heavy (non-hydrogen) atoms. The molecule has 86 valence electrons. The monoisotopic (exact) mass is 235 g/mol. The Labute approximate surface area is 101 Å². The average Bonchev–Trinajstić information content (AvgIpc) is 2.80. The minimum Gasteiger partial charge on any atom is -0.300 e. The molecule has 0 aliphatic carbocycles. The summed E-state index contributed by atoms with van der Waals surface area (Å²) in [7, 11) is 0. The maximum absolute atomic E-state index is 8.55. The van der Waals surface area contributed by atoms with Gasteiger partial charge in [-0.3, -0.25) is 4.90 Å². The van der Waals surface area contributed by atoms with E-state index >= 15 is 0 Å². The van der Waals surface area contributed by atoms with Gasteiger partial charge in [0.25, 0.3) is 0 Å². The Morgan fingerprint density at radius 2 is 2.56 bits per heavy atom. The van der Waals surface area contributed by atoms with Crippen molar-refractivity contribution in [2.75, 3.05) is 19.6 Å². The zero-order valence-corrected chi connectivity index (χ0v) is 10.2. The van der Waals surface area contributed by atoms with E-state index in [1.54, 1.807) is 0 Å². The summed E-state index contributed by atoms with van der Waals surface area (Å²) in [6, 6.07) is 6.94. The van der Waals surface area contributed by atoms with E-state index in [4.69, 9.17) is 5.26 Å². The maximum atomic E-state index is 8.55. The fourth-order valence-corrected chi connectivity index (χ4v) is 2.92. The molecule has 1 saturated heterocycles. The molecular formula is C12H17N3S. The third-order valence-electron chi connectivity index (χ3n) is 2.93.